The highest BCUT2D eigenvalue weighted by atomic mass is 32.2. The molecule has 0 saturated heterocycles. The molecule has 0 spiro atoms. The van der Waals surface area contributed by atoms with Gasteiger partial charge in [-0.25, -0.2) is 0 Å². The normalized spacial score (nSPS) is 12.5. The van der Waals surface area contributed by atoms with Gasteiger partial charge in [-0.2, -0.15) is 8.42 Å². The Bertz CT molecular complexity index is 857. The second kappa shape index (κ2) is 7.70. The molecule has 0 aliphatic heterocycles. The zero-order valence-electron chi connectivity index (χ0n) is 14.9. The van der Waals surface area contributed by atoms with Gasteiger partial charge < -0.3 is 9.50 Å². The molecule has 0 aliphatic rings. The molecule has 6 heteroatoms. The Balaban J connectivity index is 2.18. The van der Waals surface area contributed by atoms with Crippen molar-refractivity contribution in [3.8, 4) is 5.75 Å². The highest BCUT2D eigenvalue weighted by molar-refractivity contribution is 7.87. The van der Waals surface area contributed by atoms with Gasteiger partial charge in [0.1, 0.15) is 10.6 Å². The van der Waals surface area contributed by atoms with Crippen LogP contribution < -0.4 is 9.50 Å². The van der Waals surface area contributed by atoms with Gasteiger partial charge in [0.2, 0.25) is 0 Å². The van der Waals surface area contributed by atoms with E-state index in [1.54, 1.807) is 31.2 Å². The van der Waals surface area contributed by atoms with Gasteiger partial charge in [0.05, 0.1) is 0 Å². The molecule has 25 heavy (non-hydrogen) atoms. The fourth-order valence-electron chi connectivity index (χ4n) is 2.22. The first kappa shape index (κ1) is 19.0. The Labute approximate surface area is 149 Å². The number of rotatable bonds is 6. The first-order chi connectivity index (χ1) is 11.7. The van der Waals surface area contributed by atoms with Crippen molar-refractivity contribution in [3.63, 3.8) is 0 Å². The predicted octanol–water partition coefficient (Wildman–Crippen LogP) is 3.60. The van der Waals surface area contributed by atoms with Gasteiger partial charge in [0.15, 0.2) is 0 Å². The minimum atomic E-state index is -3.92. The summed E-state index contributed by atoms with van der Waals surface area (Å²) in [5, 5.41) is 2.86. The number of carbonyl (C=O) groups excluding carboxylic acids is 1. The van der Waals surface area contributed by atoms with Crippen LogP contribution in [0, 0.1) is 13.8 Å². The maximum atomic E-state index is 12.5. The van der Waals surface area contributed by atoms with E-state index in [1.807, 2.05) is 26.8 Å². The third-order valence-corrected chi connectivity index (χ3v) is 5.32. The van der Waals surface area contributed by atoms with E-state index in [1.165, 1.54) is 12.1 Å². The number of amides is 1. The standard InChI is InChI=1S/C19H23NO4S/c1-5-15(4)20-19(21)16-8-10-17(11-9-16)24-25(22,23)18-12-13(2)6-7-14(18)3/h6-12,15H,5H2,1-4H3,(H,20,21)/t15-/m1/s1. The molecule has 134 valence electrons. The molecule has 2 aromatic rings. The first-order valence-electron chi connectivity index (χ1n) is 8.15. The van der Waals surface area contributed by atoms with E-state index in [-0.39, 0.29) is 22.6 Å². The van der Waals surface area contributed by atoms with Gasteiger partial charge in [0, 0.05) is 11.6 Å². The number of carbonyl (C=O) groups is 1. The van der Waals surface area contributed by atoms with Crippen molar-refractivity contribution in [2.45, 2.75) is 45.1 Å². The summed E-state index contributed by atoms with van der Waals surface area (Å²) in [4.78, 5) is 12.2. The smallest absolute Gasteiger partial charge is 0.339 e. The van der Waals surface area contributed by atoms with Crippen LogP contribution in [-0.4, -0.2) is 20.4 Å². The van der Waals surface area contributed by atoms with Crippen LogP contribution >= 0.6 is 0 Å². The third kappa shape index (κ3) is 4.82. The Morgan fingerprint density at radius 1 is 1.12 bits per heavy atom. The molecule has 2 aromatic carbocycles. The Kier molecular flexibility index (Phi) is 5.85. The van der Waals surface area contributed by atoms with Crippen molar-refractivity contribution in [2.24, 2.45) is 0 Å². The van der Waals surface area contributed by atoms with E-state index >= 15 is 0 Å². The maximum Gasteiger partial charge on any atom is 0.339 e. The second-order valence-electron chi connectivity index (χ2n) is 6.11. The van der Waals surface area contributed by atoms with Gasteiger partial charge in [-0.15, -0.1) is 0 Å². The monoisotopic (exact) mass is 361 g/mol. The van der Waals surface area contributed by atoms with Gasteiger partial charge >= 0.3 is 10.1 Å². The number of aryl methyl sites for hydroxylation is 2. The second-order valence-corrected chi connectivity index (χ2v) is 7.63. The van der Waals surface area contributed by atoms with Gasteiger partial charge in [-0.1, -0.05) is 19.1 Å². The average Bonchev–Trinajstić information content (AvgIpc) is 2.57. The zero-order valence-corrected chi connectivity index (χ0v) is 15.7. The lowest BCUT2D eigenvalue weighted by Gasteiger charge is -2.12. The van der Waals surface area contributed by atoms with Gasteiger partial charge in [0.25, 0.3) is 5.91 Å². The molecule has 1 N–H and O–H groups in total. The lowest BCUT2D eigenvalue weighted by Crippen LogP contribution is -2.31. The van der Waals surface area contributed by atoms with Crippen LogP contribution in [0.5, 0.6) is 5.75 Å². The van der Waals surface area contributed by atoms with Crippen molar-refractivity contribution in [1.82, 2.24) is 5.32 Å². The largest absolute Gasteiger partial charge is 0.379 e. The Hall–Kier alpha value is -2.34. The van der Waals surface area contributed by atoms with Crippen LogP contribution in [0.4, 0.5) is 0 Å². The van der Waals surface area contributed by atoms with E-state index in [0.29, 0.717) is 11.1 Å². The Morgan fingerprint density at radius 2 is 1.76 bits per heavy atom. The van der Waals surface area contributed by atoms with Gasteiger partial charge in [-0.3, -0.25) is 4.79 Å². The van der Waals surface area contributed by atoms with Crippen molar-refractivity contribution in [1.29, 1.82) is 0 Å². The third-order valence-electron chi connectivity index (χ3n) is 3.93. The van der Waals surface area contributed by atoms with Crippen LogP contribution in [0.3, 0.4) is 0 Å². The molecule has 0 saturated carbocycles. The number of benzene rings is 2. The van der Waals surface area contributed by atoms with Crippen LogP contribution in [0.25, 0.3) is 0 Å². The molecule has 0 bridgehead atoms. The fraction of sp³-hybridized carbons (Fsp3) is 0.316. The Morgan fingerprint density at radius 3 is 2.36 bits per heavy atom. The quantitative estimate of drug-likeness (QED) is 0.798. The summed E-state index contributed by atoms with van der Waals surface area (Å²) in [6.07, 6.45) is 0.834. The van der Waals surface area contributed by atoms with Crippen LogP contribution in [-0.2, 0) is 10.1 Å². The van der Waals surface area contributed by atoms with Crippen LogP contribution in [0.1, 0.15) is 41.8 Å². The molecule has 0 heterocycles. The molecule has 1 atom stereocenters. The molecule has 0 fully saturated rings. The number of hydrogen-bond donors (Lipinski definition) is 1. The lowest BCUT2D eigenvalue weighted by molar-refractivity contribution is 0.0939. The summed E-state index contributed by atoms with van der Waals surface area (Å²) in [6, 6.07) is 11.3. The minimum Gasteiger partial charge on any atom is -0.379 e. The molecular weight excluding hydrogens is 338 g/mol. The first-order valence-corrected chi connectivity index (χ1v) is 9.56. The number of nitrogens with one attached hydrogen (secondary N) is 1. The molecule has 0 unspecified atom stereocenters. The summed E-state index contributed by atoms with van der Waals surface area (Å²) in [5.41, 5.74) is 1.91. The van der Waals surface area contributed by atoms with Gasteiger partial charge in [-0.05, 0) is 68.7 Å². The molecule has 0 radical (unpaired) electrons. The van der Waals surface area contributed by atoms with Crippen molar-refractivity contribution >= 4 is 16.0 Å². The molecule has 2 rings (SSSR count). The summed E-state index contributed by atoms with van der Waals surface area (Å²) >= 11 is 0. The van der Waals surface area contributed by atoms with Crippen molar-refractivity contribution < 1.29 is 17.4 Å². The van der Waals surface area contributed by atoms with E-state index < -0.39 is 10.1 Å². The highest BCUT2D eigenvalue weighted by Gasteiger charge is 2.19. The zero-order chi connectivity index (χ0) is 18.6. The summed E-state index contributed by atoms with van der Waals surface area (Å²) in [5.74, 6) is -0.0284. The maximum absolute atomic E-state index is 12.5. The van der Waals surface area contributed by atoms with E-state index in [4.69, 9.17) is 4.18 Å². The van der Waals surface area contributed by atoms with E-state index in [9.17, 15) is 13.2 Å². The fourth-order valence-corrected chi connectivity index (χ4v) is 3.47. The van der Waals surface area contributed by atoms with Crippen LogP contribution in [0.15, 0.2) is 47.4 Å². The SMILES string of the molecule is CC[C@@H](C)NC(=O)c1ccc(OS(=O)(=O)c2cc(C)ccc2C)cc1. The molecule has 1 amide bonds. The van der Waals surface area contributed by atoms with Crippen molar-refractivity contribution in [3.05, 3.63) is 59.2 Å². The molecule has 0 aliphatic carbocycles. The predicted molar refractivity (Wildman–Crippen MR) is 97.4 cm³/mol. The minimum absolute atomic E-state index is 0.0769. The average molecular weight is 361 g/mol. The molecular formula is C19H23NO4S. The summed E-state index contributed by atoms with van der Waals surface area (Å²) < 4.78 is 30.2. The summed E-state index contributed by atoms with van der Waals surface area (Å²) in [6.45, 7) is 7.45. The highest BCUT2D eigenvalue weighted by Crippen LogP contribution is 2.22. The molecule has 0 aromatic heterocycles. The van der Waals surface area contributed by atoms with E-state index in [0.717, 1.165) is 12.0 Å². The topological polar surface area (TPSA) is 72.5 Å². The molecule has 5 nitrogen and oxygen atoms in total. The van der Waals surface area contributed by atoms with Crippen LogP contribution in [0.2, 0.25) is 0 Å². The lowest BCUT2D eigenvalue weighted by atomic mass is 10.2. The van der Waals surface area contributed by atoms with E-state index in [2.05, 4.69) is 5.32 Å². The van der Waals surface area contributed by atoms with Crippen molar-refractivity contribution in [2.75, 3.05) is 0 Å². The number of hydrogen-bond acceptors (Lipinski definition) is 4. The summed E-state index contributed by atoms with van der Waals surface area (Å²) in [7, 11) is -3.92.